The molecule has 29 heavy (non-hydrogen) atoms. The molecule has 1 amide bonds. The van der Waals surface area contributed by atoms with Gasteiger partial charge in [0.15, 0.2) is 6.61 Å². The molecule has 0 aliphatic rings. The van der Waals surface area contributed by atoms with Crippen LogP contribution in [0.5, 0.6) is 11.5 Å². The average Bonchev–Trinajstić information content (AvgIpc) is 2.71. The molecule has 2 aromatic carbocycles. The maximum absolute atomic E-state index is 11.9. The number of esters is 1. The molecular weight excluding hydrogens is 380 g/mol. The van der Waals surface area contributed by atoms with Crippen molar-refractivity contribution in [1.82, 2.24) is 0 Å². The first-order valence-electron chi connectivity index (χ1n) is 8.45. The molecule has 0 saturated heterocycles. The van der Waals surface area contributed by atoms with E-state index < -0.39 is 23.4 Å². The third-order valence-corrected chi connectivity index (χ3v) is 3.87. The third kappa shape index (κ3) is 6.06. The molecule has 2 aromatic rings. The molecule has 0 fully saturated rings. The number of rotatable bonds is 8. The number of amides is 1. The van der Waals surface area contributed by atoms with Crippen LogP contribution in [0.3, 0.4) is 0 Å². The number of nitro benzene ring substituents is 1. The van der Waals surface area contributed by atoms with E-state index in [0.717, 1.165) is 6.08 Å². The molecular formula is C20H20N2O7. The van der Waals surface area contributed by atoms with Crippen LogP contribution >= 0.6 is 0 Å². The maximum Gasteiger partial charge on any atom is 0.331 e. The molecule has 0 aliphatic heterocycles. The van der Waals surface area contributed by atoms with Gasteiger partial charge < -0.3 is 19.5 Å². The van der Waals surface area contributed by atoms with Crippen LogP contribution in [0.15, 0.2) is 42.5 Å². The first-order chi connectivity index (χ1) is 13.8. The van der Waals surface area contributed by atoms with Gasteiger partial charge in [-0.1, -0.05) is 6.07 Å². The Hall–Kier alpha value is -3.88. The van der Waals surface area contributed by atoms with E-state index in [9.17, 15) is 19.7 Å². The number of methoxy groups -OCH3 is 2. The van der Waals surface area contributed by atoms with Crippen molar-refractivity contribution in [3.63, 3.8) is 0 Å². The molecule has 0 heterocycles. The van der Waals surface area contributed by atoms with Crippen LogP contribution in [-0.4, -0.2) is 37.6 Å². The second-order valence-corrected chi connectivity index (χ2v) is 5.86. The van der Waals surface area contributed by atoms with Gasteiger partial charge in [-0.15, -0.1) is 0 Å². The third-order valence-electron chi connectivity index (χ3n) is 3.87. The summed E-state index contributed by atoms with van der Waals surface area (Å²) in [7, 11) is 3.02. The largest absolute Gasteiger partial charge is 0.497 e. The van der Waals surface area contributed by atoms with Crippen molar-refractivity contribution in [1.29, 1.82) is 0 Å². The predicted octanol–water partition coefficient (Wildman–Crippen LogP) is 3.12. The van der Waals surface area contributed by atoms with Gasteiger partial charge in [-0.2, -0.15) is 0 Å². The summed E-state index contributed by atoms with van der Waals surface area (Å²) in [4.78, 5) is 34.2. The number of anilines is 1. The minimum atomic E-state index is -0.729. The molecule has 152 valence electrons. The number of hydrogen-bond donors (Lipinski definition) is 1. The van der Waals surface area contributed by atoms with Gasteiger partial charge in [-0.05, 0) is 31.2 Å². The summed E-state index contributed by atoms with van der Waals surface area (Å²) >= 11 is 0. The lowest BCUT2D eigenvalue weighted by molar-refractivity contribution is -0.385. The van der Waals surface area contributed by atoms with Crippen LogP contribution in [0.2, 0.25) is 0 Å². The fourth-order valence-corrected chi connectivity index (χ4v) is 2.38. The zero-order chi connectivity index (χ0) is 21.4. The van der Waals surface area contributed by atoms with Crippen LogP contribution in [0.4, 0.5) is 11.4 Å². The Morgan fingerprint density at radius 1 is 1.14 bits per heavy atom. The van der Waals surface area contributed by atoms with Gasteiger partial charge in [0.05, 0.1) is 19.1 Å². The van der Waals surface area contributed by atoms with Crippen molar-refractivity contribution in [3.8, 4) is 11.5 Å². The molecule has 0 unspecified atom stereocenters. The monoisotopic (exact) mass is 400 g/mol. The number of aryl methyl sites for hydroxylation is 1. The highest BCUT2D eigenvalue weighted by atomic mass is 16.6. The number of nitrogens with zero attached hydrogens (tertiary/aromatic N) is 1. The molecule has 0 bridgehead atoms. The van der Waals surface area contributed by atoms with Crippen molar-refractivity contribution in [2.75, 3.05) is 26.1 Å². The Bertz CT molecular complexity index is 954. The fourth-order valence-electron chi connectivity index (χ4n) is 2.38. The Morgan fingerprint density at radius 3 is 2.55 bits per heavy atom. The second kappa shape index (κ2) is 9.88. The standard InChI is InChI=1S/C20H20N2O7/c1-13-4-7-15(10-17(13)22(25)26)21-19(23)12-29-20(24)9-6-14-5-8-16(27-2)11-18(14)28-3/h4-11H,12H2,1-3H3,(H,21,23)/b9-6+. The van der Waals surface area contributed by atoms with E-state index >= 15 is 0 Å². The molecule has 1 N–H and O–H groups in total. The number of nitrogens with one attached hydrogen (secondary N) is 1. The smallest absolute Gasteiger partial charge is 0.331 e. The molecule has 2 rings (SSSR count). The minimum absolute atomic E-state index is 0.115. The van der Waals surface area contributed by atoms with Crippen molar-refractivity contribution >= 4 is 29.3 Å². The van der Waals surface area contributed by atoms with E-state index in [0.29, 0.717) is 22.6 Å². The maximum atomic E-state index is 11.9. The van der Waals surface area contributed by atoms with Crippen molar-refractivity contribution in [2.45, 2.75) is 6.92 Å². The van der Waals surface area contributed by atoms with Gasteiger partial charge in [0, 0.05) is 35.0 Å². The zero-order valence-electron chi connectivity index (χ0n) is 16.1. The Morgan fingerprint density at radius 2 is 1.90 bits per heavy atom. The van der Waals surface area contributed by atoms with Crippen molar-refractivity contribution in [3.05, 3.63) is 63.7 Å². The number of carbonyl (C=O) groups is 2. The Labute approximate surface area is 167 Å². The molecule has 0 aromatic heterocycles. The van der Waals surface area contributed by atoms with Gasteiger partial charge in [-0.25, -0.2) is 4.79 Å². The van der Waals surface area contributed by atoms with E-state index in [4.69, 9.17) is 14.2 Å². The number of hydrogen-bond acceptors (Lipinski definition) is 7. The van der Waals surface area contributed by atoms with Crippen LogP contribution in [-0.2, 0) is 14.3 Å². The lowest BCUT2D eigenvalue weighted by Crippen LogP contribution is -2.20. The van der Waals surface area contributed by atoms with Crippen LogP contribution in [0.1, 0.15) is 11.1 Å². The van der Waals surface area contributed by atoms with E-state index in [1.54, 1.807) is 25.1 Å². The summed E-state index contributed by atoms with van der Waals surface area (Å²) in [5.41, 5.74) is 1.22. The summed E-state index contributed by atoms with van der Waals surface area (Å²) in [5.74, 6) is -0.235. The molecule has 0 aliphatic carbocycles. The average molecular weight is 400 g/mol. The summed E-state index contributed by atoms with van der Waals surface area (Å²) in [5, 5.41) is 13.4. The fraction of sp³-hybridized carbons (Fsp3) is 0.200. The zero-order valence-corrected chi connectivity index (χ0v) is 16.1. The van der Waals surface area contributed by atoms with Gasteiger partial charge in [0.25, 0.3) is 11.6 Å². The Kier molecular flexibility index (Phi) is 7.30. The first kappa shape index (κ1) is 21.4. The van der Waals surface area contributed by atoms with Crippen LogP contribution in [0, 0.1) is 17.0 Å². The number of ether oxygens (including phenoxy) is 3. The molecule has 0 radical (unpaired) electrons. The van der Waals surface area contributed by atoms with Crippen LogP contribution < -0.4 is 14.8 Å². The Balaban J connectivity index is 1.92. The number of nitro groups is 1. The van der Waals surface area contributed by atoms with Gasteiger partial charge in [-0.3, -0.25) is 14.9 Å². The highest BCUT2D eigenvalue weighted by Gasteiger charge is 2.13. The molecule has 9 heteroatoms. The molecule has 0 spiro atoms. The van der Waals surface area contributed by atoms with E-state index in [1.165, 1.54) is 38.5 Å². The van der Waals surface area contributed by atoms with Crippen molar-refractivity contribution < 1.29 is 28.7 Å². The van der Waals surface area contributed by atoms with E-state index in [2.05, 4.69) is 5.32 Å². The quantitative estimate of drug-likeness (QED) is 0.313. The lowest BCUT2D eigenvalue weighted by Gasteiger charge is -2.07. The summed E-state index contributed by atoms with van der Waals surface area (Å²) < 4.78 is 15.2. The molecule has 0 atom stereocenters. The summed E-state index contributed by atoms with van der Waals surface area (Å²) in [6, 6.07) is 9.37. The normalized spacial score (nSPS) is 10.4. The second-order valence-electron chi connectivity index (χ2n) is 5.86. The highest BCUT2D eigenvalue weighted by molar-refractivity contribution is 5.95. The number of carbonyl (C=O) groups excluding carboxylic acids is 2. The first-order valence-corrected chi connectivity index (χ1v) is 8.45. The summed E-state index contributed by atoms with van der Waals surface area (Å²) in [6.07, 6.45) is 2.65. The summed E-state index contributed by atoms with van der Waals surface area (Å²) in [6.45, 7) is 1.06. The van der Waals surface area contributed by atoms with Crippen molar-refractivity contribution in [2.24, 2.45) is 0 Å². The minimum Gasteiger partial charge on any atom is -0.497 e. The van der Waals surface area contributed by atoms with Gasteiger partial charge in [0.2, 0.25) is 0 Å². The molecule has 9 nitrogen and oxygen atoms in total. The van der Waals surface area contributed by atoms with Crippen LogP contribution in [0.25, 0.3) is 6.08 Å². The number of benzene rings is 2. The van der Waals surface area contributed by atoms with Gasteiger partial charge >= 0.3 is 5.97 Å². The molecule has 0 saturated carbocycles. The topological polar surface area (TPSA) is 117 Å². The predicted molar refractivity (Wildman–Crippen MR) is 106 cm³/mol. The van der Waals surface area contributed by atoms with E-state index in [-0.39, 0.29) is 11.4 Å². The van der Waals surface area contributed by atoms with Gasteiger partial charge in [0.1, 0.15) is 11.5 Å². The lowest BCUT2D eigenvalue weighted by atomic mass is 10.2. The van der Waals surface area contributed by atoms with E-state index in [1.807, 2.05) is 0 Å². The highest BCUT2D eigenvalue weighted by Crippen LogP contribution is 2.25. The SMILES string of the molecule is COc1ccc(/C=C/C(=O)OCC(=O)Nc2ccc(C)c([N+](=O)[O-])c2)c(OC)c1.